The van der Waals surface area contributed by atoms with Crippen molar-refractivity contribution >= 4 is 17.2 Å². The van der Waals surface area contributed by atoms with Gasteiger partial charge in [-0.05, 0) is 51.1 Å². The standard InChI is InChI=1S/C19H24N6S/c1-13-14(2)22-23-18(15(13)11-20)25-7-4-19(5-8-25)10-16(19)24(3)12-17-21-6-9-26-17/h6,9,16H,4-5,7-8,10,12H2,1-3H3/t16-/m0/s1. The van der Waals surface area contributed by atoms with Crippen LogP contribution in [-0.4, -0.2) is 46.3 Å². The highest BCUT2D eigenvalue weighted by atomic mass is 32.1. The SMILES string of the molecule is Cc1nnc(N2CCC3(CC2)C[C@@H]3N(C)Cc2nccs2)c(C#N)c1C. The van der Waals surface area contributed by atoms with Gasteiger partial charge in [-0.2, -0.15) is 10.4 Å². The summed E-state index contributed by atoms with van der Waals surface area (Å²) in [7, 11) is 2.22. The highest BCUT2D eigenvalue weighted by molar-refractivity contribution is 7.09. The first-order chi connectivity index (χ1) is 12.5. The lowest BCUT2D eigenvalue weighted by molar-refractivity contribution is 0.238. The van der Waals surface area contributed by atoms with Crippen LogP contribution in [0.5, 0.6) is 0 Å². The van der Waals surface area contributed by atoms with Crippen molar-refractivity contribution in [3.8, 4) is 6.07 Å². The van der Waals surface area contributed by atoms with E-state index in [1.165, 1.54) is 11.4 Å². The zero-order valence-electron chi connectivity index (χ0n) is 15.6. The number of rotatable bonds is 4. The van der Waals surface area contributed by atoms with E-state index in [9.17, 15) is 5.26 Å². The Bertz CT molecular complexity index is 832. The van der Waals surface area contributed by atoms with Gasteiger partial charge in [0.15, 0.2) is 5.82 Å². The zero-order valence-corrected chi connectivity index (χ0v) is 16.4. The van der Waals surface area contributed by atoms with Crippen molar-refractivity contribution in [1.29, 1.82) is 5.26 Å². The molecule has 1 aliphatic heterocycles. The van der Waals surface area contributed by atoms with Gasteiger partial charge in [0.05, 0.1) is 12.2 Å². The molecule has 0 radical (unpaired) electrons. The molecule has 1 saturated heterocycles. The minimum atomic E-state index is 0.433. The Morgan fingerprint density at radius 1 is 1.35 bits per heavy atom. The largest absolute Gasteiger partial charge is 0.354 e. The number of aryl methyl sites for hydroxylation is 1. The molecule has 0 aromatic carbocycles. The maximum absolute atomic E-state index is 9.55. The number of hydrogen-bond donors (Lipinski definition) is 0. The Balaban J connectivity index is 1.41. The summed E-state index contributed by atoms with van der Waals surface area (Å²) in [6.07, 6.45) is 5.46. The van der Waals surface area contributed by atoms with Crippen molar-refractivity contribution in [1.82, 2.24) is 20.1 Å². The summed E-state index contributed by atoms with van der Waals surface area (Å²) in [4.78, 5) is 9.12. The van der Waals surface area contributed by atoms with Gasteiger partial charge in [0.1, 0.15) is 16.6 Å². The van der Waals surface area contributed by atoms with E-state index < -0.39 is 0 Å². The molecule has 1 aliphatic carbocycles. The molecule has 2 fully saturated rings. The number of thiazole rings is 1. The fraction of sp³-hybridized carbons (Fsp3) is 0.579. The summed E-state index contributed by atoms with van der Waals surface area (Å²) in [5, 5.41) is 21.4. The summed E-state index contributed by atoms with van der Waals surface area (Å²) >= 11 is 1.73. The van der Waals surface area contributed by atoms with Crippen LogP contribution in [0.4, 0.5) is 5.82 Å². The molecule has 7 heteroatoms. The van der Waals surface area contributed by atoms with Gasteiger partial charge in [-0.15, -0.1) is 16.4 Å². The summed E-state index contributed by atoms with van der Waals surface area (Å²) in [6, 6.07) is 2.98. The van der Waals surface area contributed by atoms with Gasteiger partial charge in [0.25, 0.3) is 0 Å². The van der Waals surface area contributed by atoms with Crippen molar-refractivity contribution in [2.24, 2.45) is 5.41 Å². The lowest BCUT2D eigenvalue weighted by Crippen LogP contribution is -2.39. The molecule has 1 atom stereocenters. The quantitative estimate of drug-likeness (QED) is 0.826. The van der Waals surface area contributed by atoms with Crippen LogP contribution < -0.4 is 4.90 Å². The molecule has 2 aliphatic rings. The topological polar surface area (TPSA) is 68.9 Å². The van der Waals surface area contributed by atoms with Gasteiger partial charge < -0.3 is 4.90 Å². The van der Waals surface area contributed by atoms with Crippen LogP contribution in [-0.2, 0) is 6.54 Å². The Hall–Kier alpha value is -2.04. The molecule has 26 heavy (non-hydrogen) atoms. The van der Waals surface area contributed by atoms with Crippen molar-refractivity contribution < 1.29 is 0 Å². The molecular weight excluding hydrogens is 344 g/mol. The first-order valence-corrected chi connectivity index (χ1v) is 9.99. The van der Waals surface area contributed by atoms with E-state index in [2.05, 4.69) is 38.1 Å². The Morgan fingerprint density at radius 2 is 2.12 bits per heavy atom. The molecule has 0 unspecified atom stereocenters. The van der Waals surface area contributed by atoms with E-state index in [0.29, 0.717) is 17.0 Å². The van der Waals surface area contributed by atoms with Crippen molar-refractivity contribution in [2.45, 2.75) is 45.7 Å². The van der Waals surface area contributed by atoms with Gasteiger partial charge in [0.2, 0.25) is 0 Å². The minimum Gasteiger partial charge on any atom is -0.354 e. The first-order valence-electron chi connectivity index (χ1n) is 9.11. The van der Waals surface area contributed by atoms with Gasteiger partial charge in [-0.25, -0.2) is 4.98 Å². The number of hydrogen-bond acceptors (Lipinski definition) is 7. The van der Waals surface area contributed by atoms with Crippen LogP contribution in [0.15, 0.2) is 11.6 Å². The van der Waals surface area contributed by atoms with E-state index >= 15 is 0 Å². The third kappa shape index (κ3) is 2.97. The van der Waals surface area contributed by atoms with Crippen LogP contribution in [0.3, 0.4) is 0 Å². The fourth-order valence-corrected chi connectivity index (χ4v) is 4.94. The van der Waals surface area contributed by atoms with Gasteiger partial charge in [0, 0.05) is 30.7 Å². The normalized spacial score (nSPS) is 21.2. The Morgan fingerprint density at radius 3 is 2.77 bits per heavy atom. The highest BCUT2D eigenvalue weighted by Gasteiger charge is 2.56. The predicted octanol–water partition coefficient (Wildman–Crippen LogP) is 2.91. The fourth-order valence-electron chi connectivity index (χ4n) is 4.26. The lowest BCUT2D eigenvalue weighted by Gasteiger charge is -2.35. The van der Waals surface area contributed by atoms with E-state index in [1.54, 1.807) is 11.3 Å². The Labute approximate surface area is 158 Å². The van der Waals surface area contributed by atoms with Crippen molar-refractivity contribution in [2.75, 3.05) is 25.0 Å². The van der Waals surface area contributed by atoms with E-state index in [0.717, 1.165) is 49.6 Å². The molecule has 2 aromatic heterocycles. The minimum absolute atomic E-state index is 0.433. The molecule has 0 N–H and O–H groups in total. The first kappa shape index (κ1) is 17.4. The smallest absolute Gasteiger partial charge is 0.169 e. The second-order valence-corrected chi connectivity index (χ2v) is 8.61. The number of aromatic nitrogens is 3. The van der Waals surface area contributed by atoms with Crippen LogP contribution in [0.1, 0.15) is 41.1 Å². The van der Waals surface area contributed by atoms with Gasteiger partial charge in [-0.3, -0.25) is 4.90 Å². The summed E-state index contributed by atoms with van der Waals surface area (Å²) in [5.41, 5.74) is 2.90. The third-order valence-corrected chi connectivity index (χ3v) is 6.92. The maximum Gasteiger partial charge on any atom is 0.169 e. The average molecular weight is 369 g/mol. The monoisotopic (exact) mass is 368 g/mol. The third-order valence-electron chi connectivity index (χ3n) is 6.15. The maximum atomic E-state index is 9.55. The van der Waals surface area contributed by atoms with Gasteiger partial charge >= 0.3 is 0 Å². The summed E-state index contributed by atoms with van der Waals surface area (Å²) < 4.78 is 0. The summed E-state index contributed by atoms with van der Waals surface area (Å²) in [5.74, 6) is 0.763. The molecule has 0 amide bonds. The van der Waals surface area contributed by atoms with Crippen LogP contribution in [0, 0.1) is 30.6 Å². The number of nitriles is 1. The zero-order chi connectivity index (χ0) is 18.3. The second-order valence-electron chi connectivity index (χ2n) is 7.63. The molecule has 1 saturated carbocycles. The second kappa shape index (κ2) is 6.60. The molecule has 0 bridgehead atoms. The lowest BCUT2D eigenvalue weighted by atomic mass is 9.92. The molecule has 2 aromatic rings. The molecule has 3 heterocycles. The van der Waals surface area contributed by atoms with E-state index in [4.69, 9.17) is 0 Å². The van der Waals surface area contributed by atoms with Gasteiger partial charge in [-0.1, -0.05) is 0 Å². The Kier molecular flexibility index (Phi) is 4.41. The van der Waals surface area contributed by atoms with Crippen LogP contribution >= 0.6 is 11.3 Å². The molecule has 6 nitrogen and oxygen atoms in total. The van der Waals surface area contributed by atoms with Crippen molar-refractivity contribution in [3.63, 3.8) is 0 Å². The molecule has 136 valence electrons. The number of nitrogens with zero attached hydrogens (tertiary/aromatic N) is 6. The highest BCUT2D eigenvalue weighted by Crippen LogP contribution is 2.56. The average Bonchev–Trinajstić information content (AvgIpc) is 3.09. The molecule has 4 rings (SSSR count). The number of piperidine rings is 1. The number of anilines is 1. The predicted molar refractivity (Wildman–Crippen MR) is 102 cm³/mol. The summed E-state index contributed by atoms with van der Waals surface area (Å²) in [6.45, 7) is 6.71. The molecular formula is C19H24N6S. The van der Waals surface area contributed by atoms with E-state index in [-0.39, 0.29) is 0 Å². The van der Waals surface area contributed by atoms with E-state index in [1.807, 2.05) is 25.4 Å². The van der Waals surface area contributed by atoms with Crippen LogP contribution in [0.25, 0.3) is 0 Å². The molecule has 1 spiro atoms. The van der Waals surface area contributed by atoms with Crippen molar-refractivity contribution in [3.05, 3.63) is 33.4 Å². The van der Waals surface area contributed by atoms with Crippen LogP contribution in [0.2, 0.25) is 0 Å².